The predicted octanol–water partition coefficient (Wildman–Crippen LogP) is 2.18. The van der Waals surface area contributed by atoms with Gasteiger partial charge in [-0.2, -0.15) is 5.10 Å². The van der Waals surface area contributed by atoms with Crippen molar-refractivity contribution in [3.8, 4) is 11.5 Å². The third kappa shape index (κ3) is 3.61. The number of carbonyl (C=O) groups is 2. The second-order valence-electron chi connectivity index (χ2n) is 6.80. The van der Waals surface area contributed by atoms with E-state index in [0.717, 1.165) is 10.9 Å². The van der Waals surface area contributed by atoms with Crippen molar-refractivity contribution in [1.82, 2.24) is 20.0 Å². The minimum atomic E-state index is -0.127. The molecule has 1 aliphatic rings. The Kier molecular flexibility index (Phi) is 5.07. The number of hydrogen-bond acceptors (Lipinski definition) is 5. The molecule has 2 amide bonds. The van der Waals surface area contributed by atoms with Gasteiger partial charge >= 0.3 is 0 Å². The van der Waals surface area contributed by atoms with E-state index in [2.05, 4.69) is 10.2 Å². The highest BCUT2D eigenvalue weighted by molar-refractivity contribution is 6.04. The van der Waals surface area contributed by atoms with E-state index in [9.17, 15) is 9.59 Å². The van der Waals surface area contributed by atoms with Crippen LogP contribution in [-0.4, -0.2) is 72.2 Å². The minimum Gasteiger partial charge on any atom is -0.497 e. The third-order valence-electron chi connectivity index (χ3n) is 5.13. The van der Waals surface area contributed by atoms with Gasteiger partial charge in [0.05, 0.1) is 19.7 Å². The number of carbonyl (C=O) groups excluding carboxylic acids is 2. The van der Waals surface area contributed by atoms with Gasteiger partial charge in [0.2, 0.25) is 0 Å². The summed E-state index contributed by atoms with van der Waals surface area (Å²) in [6, 6.07) is 12.7. The fraction of sp³-hybridized carbons (Fsp3) is 0.286. The summed E-state index contributed by atoms with van der Waals surface area (Å²) in [5, 5.41) is 7.88. The van der Waals surface area contributed by atoms with Crippen LogP contribution in [0.2, 0.25) is 0 Å². The molecule has 0 saturated carbocycles. The van der Waals surface area contributed by atoms with Crippen LogP contribution in [0.15, 0.2) is 42.5 Å². The maximum atomic E-state index is 12.9. The second-order valence-corrected chi connectivity index (χ2v) is 6.80. The number of nitrogens with zero attached hydrogens (tertiary/aromatic N) is 3. The Bertz CT molecular complexity index is 1030. The van der Waals surface area contributed by atoms with E-state index in [1.807, 2.05) is 24.3 Å². The molecule has 1 aliphatic heterocycles. The number of H-pyrrole nitrogens is 1. The molecule has 1 fully saturated rings. The van der Waals surface area contributed by atoms with Gasteiger partial charge < -0.3 is 19.3 Å². The van der Waals surface area contributed by atoms with Gasteiger partial charge in [0.1, 0.15) is 11.5 Å². The van der Waals surface area contributed by atoms with Crippen molar-refractivity contribution in [2.45, 2.75) is 0 Å². The highest BCUT2D eigenvalue weighted by Gasteiger charge is 2.28. The van der Waals surface area contributed by atoms with Gasteiger partial charge in [0.25, 0.3) is 11.8 Å². The van der Waals surface area contributed by atoms with Crippen LogP contribution in [0.4, 0.5) is 0 Å². The van der Waals surface area contributed by atoms with Crippen LogP contribution in [0.5, 0.6) is 11.5 Å². The predicted molar refractivity (Wildman–Crippen MR) is 107 cm³/mol. The Labute approximate surface area is 168 Å². The number of piperazine rings is 1. The van der Waals surface area contributed by atoms with Crippen molar-refractivity contribution >= 4 is 22.7 Å². The van der Waals surface area contributed by atoms with E-state index < -0.39 is 0 Å². The number of methoxy groups -OCH3 is 2. The fourth-order valence-electron chi connectivity index (χ4n) is 3.50. The number of fused-ring (bicyclic) bond motifs is 1. The van der Waals surface area contributed by atoms with E-state index in [-0.39, 0.29) is 11.8 Å². The molecular weight excluding hydrogens is 372 g/mol. The molecule has 0 unspecified atom stereocenters. The molecule has 1 N–H and O–H groups in total. The molecular formula is C21H22N4O4. The first-order valence-electron chi connectivity index (χ1n) is 9.35. The van der Waals surface area contributed by atoms with Crippen LogP contribution in [0.3, 0.4) is 0 Å². The minimum absolute atomic E-state index is 0.112. The number of aromatic nitrogens is 2. The topological polar surface area (TPSA) is 87.8 Å². The normalized spacial score (nSPS) is 14.1. The average molecular weight is 394 g/mol. The molecule has 0 spiro atoms. The second kappa shape index (κ2) is 7.83. The standard InChI is InChI=1S/C21H22N4O4/c1-28-15-11-14(12-16(13-15)29-2)20(26)24-7-9-25(10-8-24)21(27)19-17-5-3-4-6-18(17)22-23-19/h3-6,11-13H,7-10H2,1-2H3,(H,22,23). The monoisotopic (exact) mass is 394 g/mol. The number of nitrogens with one attached hydrogen (secondary N) is 1. The highest BCUT2D eigenvalue weighted by Crippen LogP contribution is 2.24. The van der Waals surface area contributed by atoms with E-state index in [0.29, 0.717) is 48.9 Å². The summed E-state index contributed by atoms with van der Waals surface area (Å²) in [6.45, 7) is 1.80. The van der Waals surface area contributed by atoms with Crippen molar-refractivity contribution in [3.05, 3.63) is 53.7 Å². The average Bonchev–Trinajstić information content (AvgIpc) is 3.22. The highest BCUT2D eigenvalue weighted by atomic mass is 16.5. The molecule has 0 aliphatic carbocycles. The first-order valence-corrected chi connectivity index (χ1v) is 9.35. The summed E-state index contributed by atoms with van der Waals surface area (Å²) in [7, 11) is 3.10. The van der Waals surface area contributed by atoms with Crippen molar-refractivity contribution in [2.75, 3.05) is 40.4 Å². The number of aromatic amines is 1. The number of rotatable bonds is 4. The molecule has 8 nitrogen and oxygen atoms in total. The third-order valence-corrected chi connectivity index (χ3v) is 5.13. The lowest BCUT2D eigenvalue weighted by Gasteiger charge is -2.34. The van der Waals surface area contributed by atoms with Crippen molar-refractivity contribution < 1.29 is 19.1 Å². The maximum absolute atomic E-state index is 12.9. The Morgan fingerprint density at radius 1 is 0.897 bits per heavy atom. The summed E-state index contributed by atoms with van der Waals surface area (Å²) in [5.41, 5.74) is 1.74. The molecule has 0 bridgehead atoms. The number of ether oxygens (including phenoxy) is 2. The molecule has 29 heavy (non-hydrogen) atoms. The summed E-state index contributed by atoms with van der Waals surface area (Å²) in [4.78, 5) is 29.3. The Morgan fingerprint density at radius 3 is 2.10 bits per heavy atom. The van der Waals surface area contributed by atoms with Gasteiger partial charge in [-0.25, -0.2) is 0 Å². The Hall–Kier alpha value is -3.55. The summed E-state index contributed by atoms with van der Waals surface area (Å²) in [5.74, 6) is 0.885. The lowest BCUT2D eigenvalue weighted by Crippen LogP contribution is -2.50. The first-order chi connectivity index (χ1) is 14.1. The van der Waals surface area contributed by atoms with Crippen molar-refractivity contribution in [2.24, 2.45) is 0 Å². The zero-order valence-electron chi connectivity index (χ0n) is 16.3. The van der Waals surface area contributed by atoms with E-state index in [1.165, 1.54) is 0 Å². The molecule has 4 rings (SSSR count). The number of hydrogen-bond donors (Lipinski definition) is 1. The Morgan fingerprint density at radius 2 is 1.48 bits per heavy atom. The van der Waals surface area contributed by atoms with Crippen molar-refractivity contribution in [1.29, 1.82) is 0 Å². The SMILES string of the molecule is COc1cc(OC)cc(C(=O)N2CCN(C(=O)c3n[nH]c4ccccc34)CC2)c1. The molecule has 2 aromatic carbocycles. The lowest BCUT2D eigenvalue weighted by molar-refractivity contribution is 0.0533. The summed E-state index contributed by atoms with van der Waals surface area (Å²) in [6.07, 6.45) is 0. The Balaban J connectivity index is 1.45. The van der Waals surface area contributed by atoms with Crippen LogP contribution in [0.1, 0.15) is 20.8 Å². The van der Waals surface area contributed by atoms with Crippen LogP contribution in [0.25, 0.3) is 10.9 Å². The first kappa shape index (κ1) is 18.8. The number of benzene rings is 2. The zero-order chi connectivity index (χ0) is 20.4. The van der Waals surface area contributed by atoms with E-state index in [4.69, 9.17) is 9.47 Å². The van der Waals surface area contributed by atoms with Gasteiger partial charge in [-0.15, -0.1) is 0 Å². The lowest BCUT2D eigenvalue weighted by atomic mass is 10.1. The largest absolute Gasteiger partial charge is 0.497 e. The fourth-order valence-corrected chi connectivity index (χ4v) is 3.50. The van der Waals surface area contributed by atoms with Crippen LogP contribution < -0.4 is 9.47 Å². The van der Waals surface area contributed by atoms with Gasteiger partial charge in [-0.05, 0) is 18.2 Å². The van der Waals surface area contributed by atoms with Crippen LogP contribution in [-0.2, 0) is 0 Å². The van der Waals surface area contributed by atoms with Crippen molar-refractivity contribution in [3.63, 3.8) is 0 Å². The molecule has 150 valence electrons. The molecule has 8 heteroatoms. The molecule has 1 aromatic heterocycles. The summed E-state index contributed by atoms with van der Waals surface area (Å²) < 4.78 is 10.5. The number of para-hydroxylation sites is 1. The molecule has 1 saturated heterocycles. The molecule has 0 radical (unpaired) electrons. The molecule has 0 atom stereocenters. The molecule has 2 heterocycles. The van der Waals surface area contributed by atoms with Crippen LogP contribution in [0, 0.1) is 0 Å². The van der Waals surface area contributed by atoms with Gasteiger partial charge in [0.15, 0.2) is 5.69 Å². The molecule has 3 aromatic rings. The van der Waals surface area contributed by atoms with E-state index >= 15 is 0 Å². The van der Waals surface area contributed by atoms with E-state index in [1.54, 1.807) is 42.2 Å². The smallest absolute Gasteiger partial charge is 0.275 e. The summed E-state index contributed by atoms with van der Waals surface area (Å²) >= 11 is 0. The van der Waals surface area contributed by atoms with Crippen LogP contribution >= 0.6 is 0 Å². The van der Waals surface area contributed by atoms with Gasteiger partial charge in [-0.1, -0.05) is 18.2 Å². The quantitative estimate of drug-likeness (QED) is 0.733. The van der Waals surface area contributed by atoms with Gasteiger partial charge in [-0.3, -0.25) is 14.7 Å². The maximum Gasteiger partial charge on any atom is 0.275 e. The zero-order valence-corrected chi connectivity index (χ0v) is 16.3. The number of amides is 2. The van der Waals surface area contributed by atoms with Gasteiger partial charge in [0, 0.05) is 43.2 Å².